The second-order valence-electron chi connectivity index (χ2n) is 9.47. The first kappa shape index (κ1) is 28.9. The predicted octanol–water partition coefficient (Wildman–Crippen LogP) is 6.56. The lowest BCUT2D eigenvalue weighted by molar-refractivity contribution is -0.137. The highest BCUT2D eigenvalue weighted by Gasteiger charge is 2.30. The lowest BCUT2D eigenvalue weighted by atomic mass is 9.94. The molecular weight excluding hydrogens is 525 g/mol. The number of likely N-dealkylation sites (tertiary alicyclic amines) is 1. The van der Waals surface area contributed by atoms with Crippen molar-refractivity contribution in [1.29, 1.82) is 0 Å². The Morgan fingerprint density at radius 1 is 0.975 bits per heavy atom. The molecule has 0 atom stereocenters. The SMILES string of the molecule is COCCOC(=O)N1CCC(Oc2cccc(NC(=O)c3cccc(C)c3-c3ccc(C(F)(F)F)cc3)c2)CC1. The number of anilines is 1. The first-order valence-corrected chi connectivity index (χ1v) is 12.9. The molecule has 0 bridgehead atoms. The number of carbonyl (C=O) groups is 2. The van der Waals surface area contributed by atoms with E-state index in [1.54, 1.807) is 48.4 Å². The van der Waals surface area contributed by atoms with Gasteiger partial charge in [-0.3, -0.25) is 4.79 Å². The zero-order valence-corrected chi connectivity index (χ0v) is 22.3. The van der Waals surface area contributed by atoms with Gasteiger partial charge in [-0.25, -0.2) is 4.79 Å². The number of alkyl halides is 3. The van der Waals surface area contributed by atoms with Crippen LogP contribution in [0, 0.1) is 6.92 Å². The Hall–Kier alpha value is -4.05. The minimum absolute atomic E-state index is 0.1000. The van der Waals surface area contributed by atoms with Crippen molar-refractivity contribution in [3.05, 3.63) is 83.4 Å². The van der Waals surface area contributed by atoms with E-state index in [2.05, 4.69) is 5.32 Å². The maximum absolute atomic E-state index is 13.3. The highest BCUT2D eigenvalue weighted by molar-refractivity contribution is 6.09. The van der Waals surface area contributed by atoms with Gasteiger partial charge in [-0.15, -0.1) is 0 Å². The molecule has 1 aliphatic heterocycles. The summed E-state index contributed by atoms with van der Waals surface area (Å²) in [7, 11) is 1.54. The monoisotopic (exact) mass is 556 g/mol. The van der Waals surface area contributed by atoms with Gasteiger partial charge in [0.2, 0.25) is 0 Å². The molecule has 0 aromatic heterocycles. The van der Waals surface area contributed by atoms with Crippen LogP contribution in [-0.2, 0) is 15.7 Å². The Kier molecular flexibility index (Phi) is 9.31. The maximum Gasteiger partial charge on any atom is 0.416 e. The largest absolute Gasteiger partial charge is 0.490 e. The summed E-state index contributed by atoms with van der Waals surface area (Å²) in [6.45, 7) is 3.37. The highest BCUT2D eigenvalue weighted by atomic mass is 19.4. The third kappa shape index (κ3) is 7.32. The Morgan fingerprint density at radius 2 is 1.68 bits per heavy atom. The lowest BCUT2D eigenvalue weighted by Crippen LogP contribution is -2.42. The van der Waals surface area contributed by atoms with Crippen molar-refractivity contribution in [1.82, 2.24) is 4.90 Å². The average molecular weight is 557 g/mol. The number of hydrogen-bond acceptors (Lipinski definition) is 5. The van der Waals surface area contributed by atoms with Gasteiger partial charge in [-0.2, -0.15) is 13.2 Å². The van der Waals surface area contributed by atoms with Crippen LogP contribution in [0.5, 0.6) is 5.75 Å². The predicted molar refractivity (Wildman–Crippen MR) is 144 cm³/mol. The smallest absolute Gasteiger partial charge is 0.416 e. The number of halogens is 3. The van der Waals surface area contributed by atoms with E-state index in [1.807, 2.05) is 13.0 Å². The molecule has 1 fully saturated rings. The summed E-state index contributed by atoms with van der Waals surface area (Å²) in [5.74, 6) is 0.183. The molecule has 3 aromatic rings. The molecule has 4 rings (SSSR count). The van der Waals surface area contributed by atoms with E-state index in [0.29, 0.717) is 60.7 Å². The third-order valence-corrected chi connectivity index (χ3v) is 6.63. The van der Waals surface area contributed by atoms with Gasteiger partial charge in [0.05, 0.1) is 12.2 Å². The molecule has 3 aromatic carbocycles. The Labute approximate surface area is 230 Å². The van der Waals surface area contributed by atoms with Crippen molar-refractivity contribution >= 4 is 17.7 Å². The van der Waals surface area contributed by atoms with Crippen LogP contribution in [0.25, 0.3) is 11.1 Å². The number of rotatable bonds is 8. The van der Waals surface area contributed by atoms with E-state index >= 15 is 0 Å². The molecule has 1 aliphatic rings. The van der Waals surface area contributed by atoms with Gasteiger partial charge < -0.3 is 24.4 Å². The summed E-state index contributed by atoms with van der Waals surface area (Å²) in [4.78, 5) is 27.0. The number of aryl methyl sites for hydroxylation is 1. The highest BCUT2D eigenvalue weighted by Crippen LogP contribution is 2.33. The van der Waals surface area contributed by atoms with Crippen LogP contribution in [0.4, 0.5) is 23.7 Å². The molecule has 1 saturated heterocycles. The molecule has 0 saturated carbocycles. The van der Waals surface area contributed by atoms with Crippen LogP contribution >= 0.6 is 0 Å². The number of hydrogen-bond donors (Lipinski definition) is 1. The molecule has 0 radical (unpaired) electrons. The number of methoxy groups -OCH3 is 1. The molecule has 0 unspecified atom stereocenters. The van der Waals surface area contributed by atoms with Crippen molar-refractivity contribution in [2.75, 3.05) is 38.7 Å². The standard InChI is InChI=1S/C30H31F3N2O5/c1-20-5-3-8-26(27(20)21-9-11-22(12-10-21)30(31,32)33)28(36)34-23-6-4-7-25(19-23)40-24-13-15-35(16-14-24)29(37)39-18-17-38-2/h3-12,19,24H,13-18H2,1-2H3,(H,34,36). The zero-order chi connectivity index (χ0) is 28.7. The Morgan fingerprint density at radius 3 is 2.35 bits per heavy atom. The van der Waals surface area contributed by atoms with Crippen molar-refractivity contribution < 1.29 is 37.0 Å². The second kappa shape index (κ2) is 12.9. The molecule has 2 amide bonds. The minimum Gasteiger partial charge on any atom is -0.490 e. The van der Waals surface area contributed by atoms with Gasteiger partial charge in [0.1, 0.15) is 18.5 Å². The number of nitrogens with zero attached hydrogens (tertiary/aromatic N) is 1. The quantitative estimate of drug-likeness (QED) is 0.318. The summed E-state index contributed by atoms with van der Waals surface area (Å²) in [5, 5.41) is 2.88. The molecule has 212 valence electrons. The summed E-state index contributed by atoms with van der Waals surface area (Å²) in [6, 6.07) is 17.0. The van der Waals surface area contributed by atoms with E-state index in [-0.39, 0.29) is 18.8 Å². The number of piperidine rings is 1. The normalized spacial score (nSPS) is 14.1. The maximum atomic E-state index is 13.3. The second-order valence-corrected chi connectivity index (χ2v) is 9.47. The van der Waals surface area contributed by atoms with Gasteiger partial charge in [0, 0.05) is 50.4 Å². The summed E-state index contributed by atoms with van der Waals surface area (Å²) in [6.07, 6.45) is -3.64. The number of ether oxygens (including phenoxy) is 3. The van der Waals surface area contributed by atoms with Gasteiger partial charge in [-0.05, 0) is 53.9 Å². The molecule has 10 heteroatoms. The molecular formula is C30H31F3N2O5. The van der Waals surface area contributed by atoms with Crippen molar-refractivity contribution in [2.45, 2.75) is 32.0 Å². The van der Waals surface area contributed by atoms with Crippen LogP contribution in [0.2, 0.25) is 0 Å². The Bertz CT molecular complexity index is 1320. The Balaban J connectivity index is 1.40. The topological polar surface area (TPSA) is 77.1 Å². The van der Waals surface area contributed by atoms with Gasteiger partial charge >= 0.3 is 12.3 Å². The van der Waals surface area contributed by atoms with Crippen LogP contribution in [0.15, 0.2) is 66.7 Å². The molecule has 1 heterocycles. The molecule has 7 nitrogen and oxygen atoms in total. The molecule has 40 heavy (non-hydrogen) atoms. The summed E-state index contributed by atoms with van der Waals surface area (Å²) in [5.41, 5.74) is 1.95. The number of carbonyl (C=O) groups excluding carboxylic acids is 2. The van der Waals surface area contributed by atoms with Gasteiger partial charge in [0.25, 0.3) is 5.91 Å². The van der Waals surface area contributed by atoms with E-state index in [0.717, 1.165) is 17.7 Å². The molecule has 0 aliphatic carbocycles. The van der Waals surface area contributed by atoms with Crippen LogP contribution in [0.1, 0.15) is 34.3 Å². The minimum atomic E-state index is -4.44. The van der Waals surface area contributed by atoms with Crippen LogP contribution in [-0.4, -0.2) is 56.4 Å². The lowest BCUT2D eigenvalue weighted by Gasteiger charge is -2.31. The number of amides is 2. The van der Waals surface area contributed by atoms with Gasteiger partial charge in [0.15, 0.2) is 0 Å². The molecule has 1 N–H and O–H groups in total. The first-order chi connectivity index (χ1) is 19.2. The van der Waals surface area contributed by atoms with Crippen molar-refractivity contribution in [3.63, 3.8) is 0 Å². The fourth-order valence-corrected chi connectivity index (χ4v) is 4.56. The van der Waals surface area contributed by atoms with Gasteiger partial charge in [-0.1, -0.05) is 30.3 Å². The van der Waals surface area contributed by atoms with E-state index < -0.39 is 17.6 Å². The number of benzene rings is 3. The zero-order valence-electron chi connectivity index (χ0n) is 22.3. The first-order valence-electron chi connectivity index (χ1n) is 12.9. The fraction of sp³-hybridized carbons (Fsp3) is 0.333. The summed E-state index contributed by atoms with van der Waals surface area (Å²) >= 11 is 0. The molecule has 0 spiro atoms. The van der Waals surface area contributed by atoms with E-state index in [1.165, 1.54) is 12.1 Å². The van der Waals surface area contributed by atoms with Crippen LogP contribution < -0.4 is 10.1 Å². The van der Waals surface area contributed by atoms with E-state index in [4.69, 9.17) is 14.2 Å². The van der Waals surface area contributed by atoms with Crippen molar-refractivity contribution in [2.24, 2.45) is 0 Å². The average Bonchev–Trinajstić information content (AvgIpc) is 2.93. The fourth-order valence-electron chi connectivity index (χ4n) is 4.56. The van der Waals surface area contributed by atoms with Crippen molar-refractivity contribution in [3.8, 4) is 16.9 Å². The van der Waals surface area contributed by atoms with E-state index in [9.17, 15) is 22.8 Å². The number of nitrogens with one attached hydrogen (secondary N) is 1. The third-order valence-electron chi connectivity index (χ3n) is 6.63. The summed E-state index contributed by atoms with van der Waals surface area (Å²) < 4.78 is 55.3. The van der Waals surface area contributed by atoms with Crippen LogP contribution in [0.3, 0.4) is 0 Å².